The normalized spacial score (nSPS) is 14.0. The molecule has 2 aromatic carbocycles. The second kappa shape index (κ2) is 8.49. The van der Waals surface area contributed by atoms with Gasteiger partial charge in [-0.1, -0.05) is 12.1 Å². The van der Waals surface area contributed by atoms with E-state index in [0.717, 1.165) is 28.2 Å². The number of aromatic nitrogens is 2. The molecule has 2 heterocycles. The van der Waals surface area contributed by atoms with Crippen molar-refractivity contribution in [2.45, 2.75) is 13.8 Å². The van der Waals surface area contributed by atoms with Crippen LogP contribution in [0.15, 0.2) is 54.6 Å². The summed E-state index contributed by atoms with van der Waals surface area (Å²) in [6.45, 7) is 6.63. The zero-order valence-corrected chi connectivity index (χ0v) is 17.1. The van der Waals surface area contributed by atoms with E-state index < -0.39 is 0 Å². The molecule has 7 heteroatoms. The lowest BCUT2D eigenvalue weighted by Crippen LogP contribution is -2.50. The summed E-state index contributed by atoms with van der Waals surface area (Å²) in [5.74, 6) is 0.498. The third-order valence-electron chi connectivity index (χ3n) is 5.53. The molecule has 1 N–H and O–H groups in total. The van der Waals surface area contributed by atoms with Gasteiger partial charge in [0.25, 0.3) is 0 Å². The van der Waals surface area contributed by atoms with E-state index in [-0.39, 0.29) is 11.8 Å². The zero-order chi connectivity index (χ0) is 21.1. The van der Waals surface area contributed by atoms with Gasteiger partial charge in [-0.2, -0.15) is 0 Å². The standard InChI is InChI=1S/C23H24FN5O/c1-16-4-3-5-20(17(16)2)25-23(30)29-14-12-28(13-15-29)22-11-10-21(26-27-22)18-6-8-19(24)9-7-18/h3-11H,12-15H2,1-2H3,(H,25,30). The molecule has 0 radical (unpaired) electrons. The summed E-state index contributed by atoms with van der Waals surface area (Å²) in [6.07, 6.45) is 0. The molecule has 0 saturated carbocycles. The van der Waals surface area contributed by atoms with Crippen LogP contribution < -0.4 is 10.2 Å². The average molecular weight is 405 g/mol. The highest BCUT2D eigenvalue weighted by molar-refractivity contribution is 5.90. The summed E-state index contributed by atoms with van der Waals surface area (Å²) in [6, 6.07) is 15.8. The molecule has 2 amide bonds. The van der Waals surface area contributed by atoms with Crippen molar-refractivity contribution in [3.8, 4) is 11.3 Å². The van der Waals surface area contributed by atoms with Crippen LogP contribution in [-0.4, -0.2) is 47.3 Å². The van der Waals surface area contributed by atoms with Crippen LogP contribution in [0.5, 0.6) is 0 Å². The highest BCUT2D eigenvalue weighted by Crippen LogP contribution is 2.21. The molecule has 0 atom stereocenters. The molecule has 1 aliphatic rings. The Balaban J connectivity index is 1.35. The Hall–Kier alpha value is -3.48. The Morgan fingerprint density at radius 3 is 2.33 bits per heavy atom. The van der Waals surface area contributed by atoms with Crippen LogP contribution in [0.2, 0.25) is 0 Å². The van der Waals surface area contributed by atoms with E-state index in [1.54, 1.807) is 12.1 Å². The fraction of sp³-hybridized carbons (Fsp3) is 0.261. The number of benzene rings is 2. The molecule has 0 aliphatic carbocycles. The number of rotatable bonds is 3. The van der Waals surface area contributed by atoms with E-state index >= 15 is 0 Å². The maximum absolute atomic E-state index is 13.1. The van der Waals surface area contributed by atoms with Crippen LogP contribution in [0.4, 0.5) is 20.7 Å². The molecule has 4 rings (SSSR count). The third kappa shape index (κ3) is 4.25. The fourth-order valence-corrected chi connectivity index (χ4v) is 3.49. The first-order valence-corrected chi connectivity index (χ1v) is 9.98. The van der Waals surface area contributed by atoms with Gasteiger partial charge in [0.1, 0.15) is 5.82 Å². The lowest BCUT2D eigenvalue weighted by Gasteiger charge is -2.35. The molecular formula is C23H24FN5O. The SMILES string of the molecule is Cc1cccc(NC(=O)N2CCN(c3ccc(-c4ccc(F)cc4)nn3)CC2)c1C. The van der Waals surface area contributed by atoms with E-state index in [2.05, 4.69) is 20.4 Å². The van der Waals surface area contributed by atoms with Gasteiger partial charge in [0.05, 0.1) is 5.69 Å². The maximum Gasteiger partial charge on any atom is 0.321 e. The first-order chi connectivity index (χ1) is 14.5. The second-order valence-corrected chi connectivity index (χ2v) is 7.44. The van der Waals surface area contributed by atoms with Gasteiger partial charge in [0.15, 0.2) is 5.82 Å². The monoisotopic (exact) mass is 405 g/mol. The Kier molecular flexibility index (Phi) is 5.61. The van der Waals surface area contributed by atoms with Crippen molar-refractivity contribution in [2.75, 3.05) is 36.4 Å². The Labute approximate surface area is 175 Å². The molecular weight excluding hydrogens is 381 g/mol. The van der Waals surface area contributed by atoms with Gasteiger partial charge in [0, 0.05) is 37.4 Å². The average Bonchev–Trinajstić information content (AvgIpc) is 2.78. The summed E-state index contributed by atoms with van der Waals surface area (Å²) in [5.41, 5.74) is 4.61. The zero-order valence-electron chi connectivity index (χ0n) is 17.1. The lowest BCUT2D eigenvalue weighted by atomic mass is 10.1. The number of anilines is 2. The largest absolute Gasteiger partial charge is 0.352 e. The number of piperazine rings is 1. The number of carbonyl (C=O) groups excluding carboxylic acids is 1. The summed E-state index contributed by atoms with van der Waals surface area (Å²) in [7, 11) is 0. The number of amides is 2. The number of nitrogens with zero attached hydrogens (tertiary/aromatic N) is 4. The van der Waals surface area contributed by atoms with Crippen molar-refractivity contribution < 1.29 is 9.18 Å². The molecule has 1 aliphatic heterocycles. The van der Waals surface area contributed by atoms with E-state index in [9.17, 15) is 9.18 Å². The summed E-state index contributed by atoms with van der Waals surface area (Å²) in [5, 5.41) is 11.6. The van der Waals surface area contributed by atoms with Crippen molar-refractivity contribution in [3.05, 3.63) is 71.5 Å². The number of aryl methyl sites for hydroxylation is 1. The van der Waals surface area contributed by atoms with E-state index in [1.165, 1.54) is 12.1 Å². The van der Waals surface area contributed by atoms with Crippen molar-refractivity contribution in [1.82, 2.24) is 15.1 Å². The number of urea groups is 1. The van der Waals surface area contributed by atoms with E-state index in [1.807, 2.05) is 49.1 Å². The van der Waals surface area contributed by atoms with Crippen molar-refractivity contribution >= 4 is 17.5 Å². The van der Waals surface area contributed by atoms with Gasteiger partial charge < -0.3 is 15.1 Å². The van der Waals surface area contributed by atoms with Crippen LogP contribution in [0.3, 0.4) is 0 Å². The van der Waals surface area contributed by atoms with Gasteiger partial charge in [-0.05, 0) is 67.4 Å². The first-order valence-electron chi connectivity index (χ1n) is 9.98. The quantitative estimate of drug-likeness (QED) is 0.708. The van der Waals surface area contributed by atoms with Gasteiger partial charge in [0.2, 0.25) is 0 Å². The number of carbonyl (C=O) groups is 1. The molecule has 6 nitrogen and oxygen atoms in total. The van der Waals surface area contributed by atoms with Gasteiger partial charge in [-0.25, -0.2) is 9.18 Å². The smallest absolute Gasteiger partial charge is 0.321 e. The minimum absolute atomic E-state index is 0.0823. The number of halogens is 1. The molecule has 0 spiro atoms. The van der Waals surface area contributed by atoms with Crippen LogP contribution in [0, 0.1) is 19.7 Å². The maximum atomic E-state index is 13.1. The summed E-state index contributed by atoms with van der Waals surface area (Å²) < 4.78 is 13.1. The van der Waals surface area contributed by atoms with E-state index in [0.29, 0.717) is 31.9 Å². The topological polar surface area (TPSA) is 61.4 Å². The summed E-state index contributed by atoms with van der Waals surface area (Å²) in [4.78, 5) is 16.6. The Morgan fingerprint density at radius 2 is 1.67 bits per heavy atom. The van der Waals surface area contributed by atoms with Crippen LogP contribution in [0.25, 0.3) is 11.3 Å². The number of hydrogen-bond donors (Lipinski definition) is 1. The highest BCUT2D eigenvalue weighted by Gasteiger charge is 2.22. The van der Waals surface area contributed by atoms with Crippen LogP contribution in [0.1, 0.15) is 11.1 Å². The highest BCUT2D eigenvalue weighted by atomic mass is 19.1. The minimum Gasteiger partial charge on any atom is -0.352 e. The molecule has 1 aromatic heterocycles. The van der Waals surface area contributed by atoms with Crippen molar-refractivity contribution in [3.63, 3.8) is 0 Å². The molecule has 0 bridgehead atoms. The fourth-order valence-electron chi connectivity index (χ4n) is 3.49. The minimum atomic E-state index is -0.275. The number of hydrogen-bond acceptors (Lipinski definition) is 4. The first kappa shape index (κ1) is 19.8. The predicted octanol–water partition coefficient (Wildman–Crippen LogP) is 4.25. The molecule has 1 fully saturated rings. The van der Waals surface area contributed by atoms with Crippen molar-refractivity contribution in [2.24, 2.45) is 0 Å². The third-order valence-corrected chi connectivity index (χ3v) is 5.53. The Bertz CT molecular complexity index is 1030. The van der Waals surface area contributed by atoms with E-state index in [4.69, 9.17) is 0 Å². The molecule has 1 saturated heterocycles. The number of nitrogens with one attached hydrogen (secondary N) is 1. The Morgan fingerprint density at radius 1 is 0.933 bits per heavy atom. The van der Waals surface area contributed by atoms with Crippen LogP contribution >= 0.6 is 0 Å². The van der Waals surface area contributed by atoms with Gasteiger partial charge in [-0.15, -0.1) is 10.2 Å². The summed E-state index contributed by atoms with van der Waals surface area (Å²) >= 11 is 0. The molecule has 3 aromatic rings. The van der Waals surface area contributed by atoms with Gasteiger partial charge >= 0.3 is 6.03 Å². The second-order valence-electron chi connectivity index (χ2n) is 7.44. The molecule has 0 unspecified atom stereocenters. The van der Waals surface area contributed by atoms with Crippen LogP contribution in [-0.2, 0) is 0 Å². The van der Waals surface area contributed by atoms with Gasteiger partial charge in [-0.3, -0.25) is 0 Å². The lowest BCUT2D eigenvalue weighted by molar-refractivity contribution is 0.208. The molecule has 154 valence electrons. The molecule has 30 heavy (non-hydrogen) atoms. The predicted molar refractivity (Wildman–Crippen MR) is 116 cm³/mol. The van der Waals surface area contributed by atoms with Crippen molar-refractivity contribution in [1.29, 1.82) is 0 Å².